The number of hydrogen-bond donors (Lipinski definition) is 3. The fraction of sp³-hybridized carbons (Fsp3) is 0.296. The van der Waals surface area contributed by atoms with Crippen LogP contribution < -0.4 is 15.4 Å². The van der Waals surface area contributed by atoms with Gasteiger partial charge >= 0.3 is 6.18 Å². The minimum Gasteiger partial charge on any atom is -0.491 e. The van der Waals surface area contributed by atoms with Crippen LogP contribution in [0.15, 0.2) is 60.7 Å². The topological polar surface area (TPSA) is 105 Å². The van der Waals surface area contributed by atoms with Crippen LogP contribution in [0, 0.1) is 17.6 Å². The normalized spacial score (nSPS) is 12.7. The van der Waals surface area contributed by atoms with Crippen LogP contribution in [0.4, 0.5) is 27.6 Å². The molecular weight excluding hydrogens is 559 g/mol. The van der Waals surface area contributed by atoms with Crippen LogP contribution in [-0.2, 0) is 16.3 Å². The van der Waals surface area contributed by atoms with E-state index >= 15 is 0 Å². The van der Waals surface area contributed by atoms with E-state index in [4.69, 9.17) is 9.29 Å². The first-order valence-corrected chi connectivity index (χ1v) is 13.6. The predicted octanol–water partition coefficient (Wildman–Crippen LogP) is 5.78. The Balaban J connectivity index is 1.62. The van der Waals surface area contributed by atoms with Gasteiger partial charge in [-0.25, -0.2) is 8.78 Å². The summed E-state index contributed by atoms with van der Waals surface area (Å²) in [6.45, 7) is 3.71. The van der Waals surface area contributed by atoms with E-state index in [1.54, 1.807) is 12.1 Å². The van der Waals surface area contributed by atoms with E-state index in [1.807, 2.05) is 13.8 Å². The minimum atomic E-state index is -4.72. The van der Waals surface area contributed by atoms with Gasteiger partial charge in [-0.3, -0.25) is 9.35 Å². The van der Waals surface area contributed by atoms with E-state index in [-0.39, 0.29) is 47.6 Å². The summed E-state index contributed by atoms with van der Waals surface area (Å²) in [6, 6.07) is 11.6. The van der Waals surface area contributed by atoms with E-state index in [2.05, 4.69) is 10.6 Å². The van der Waals surface area contributed by atoms with Gasteiger partial charge in [0.2, 0.25) is 0 Å². The fourth-order valence-corrected chi connectivity index (χ4v) is 3.99. The van der Waals surface area contributed by atoms with Crippen molar-refractivity contribution in [3.05, 3.63) is 83.4 Å². The zero-order chi connectivity index (χ0) is 29.7. The SMILES string of the molecule is CC(C)[C@@H](COc1ccc(-c2ccc(C(F)(F)F)cc2F)c(F)c1)Nc1ccc(C(=O)NCCS(=O)(=O)O)cc1. The highest BCUT2D eigenvalue weighted by Crippen LogP contribution is 2.34. The summed E-state index contributed by atoms with van der Waals surface area (Å²) < 4.78 is 103. The number of carbonyl (C=O) groups is 1. The minimum absolute atomic E-state index is 0.0498. The highest BCUT2D eigenvalue weighted by atomic mass is 32.2. The third-order valence-corrected chi connectivity index (χ3v) is 6.63. The van der Waals surface area contributed by atoms with Crippen molar-refractivity contribution in [2.75, 3.05) is 24.2 Å². The first kappa shape index (κ1) is 30.8. The van der Waals surface area contributed by atoms with Crippen LogP contribution in [0.5, 0.6) is 5.75 Å². The first-order valence-electron chi connectivity index (χ1n) is 12.0. The van der Waals surface area contributed by atoms with Gasteiger partial charge in [-0.2, -0.15) is 21.6 Å². The molecule has 40 heavy (non-hydrogen) atoms. The molecule has 7 nitrogen and oxygen atoms in total. The molecule has 0 aromatic heterocycles. The van der Waals surface area contributed by atoms with Gasteiger partial charge in [0.05, 0.1) is 17.4 Å². The predicted molar refractivity (Wildman–Crippen MR) is 140 cm³/mol. The largest absolute Gasteiger partial charge is 0.491 e. The number of alkyl halides is 3. The fourth-order valence-electron chi connectivity index (χ4n) is 3.63. The summed E-state index contributed by atoms with van der Waals surface area (Å²) >= 11 is 0. The summed E-state index contributed by atoms with van der Waals surface area (Å²) in [5.74, 6) is -3.00. The number of carbonyl (C=O) groups excluding carboxylic acids is 1. The van der Waals surface area contributed by atoms with E-state index in [0.717, 1.165) is 12.1 Å². The number of amides is 1. The lowest BCUT2D eigenvalue weighted by Gasteiger charge is -2.24. The van der Waals surface area contributed by atoms with Crippen LogP contribution in [0.25, 0.3) is 11.1 Å². The molecule has 1 atom stereocenters. The summed E-state index contributed by atoms with van der Waals surface area (Å²) in [4.78, 5) is 12.1. The van der Waals surface area contributed by atoms with Gasteiger partial charge in [0, 0.05) is 35.0 Å². The van der Waals surface area contributed by atoms with Crippen LogP contribution in [0.3, 0.4) is 0 Å². The number of halogens is 5. The molecule has 3 aromatic rings. The molecule has 0 spiro atoms. The second-order valence-corrected chi connectivity index (χ2v) is 10.8. The highest BCUT2D eigenvalue weighted by Gasteiger charge is 2.31. The number of benzene rings is 3. The van der Waals surface area contributed by atoms with Crippen molar-refractivity contribution in [3.8, 4) is 16.9 Å². The van der Waals surface area contributed by atoms with Gasteiger partial charge in [-0.15, -0.1) is 0 Å². The maximum absolute atomic E-state index is 14.8. The Labute approximate surface area is 228 Å². The third kappa shape index (κ3) is 8.65. The third-order valence-electron chi connectivity index (χ3n) is 5.91. The van der Waals surface area contributed by atoms with Gasteiger partial charge < -0.3 is 15.4 Å². The van der Waals surface area contributed by atoms with Crippen molar-refractivity contribution >= 4 is 21.7 Å². The molecule has 0 bridgehead atoms. The number of ether oxygens (including phenoxy) is 1. The van der Waals surface area contributed by atoms with E-state index < -0.39 is 45.2 Å². The second kappa shape index (κ2) is 12.6. The van der Waals surface area contributed by atoms with Gasteiger partial charge in [-0.1, -0.05) is 19.9 Å². The Hall–Kier alpha value is -3.71. The number of nitrogens with one attached hydrogen (secondary N) is 2. The molecular formula is C27H27F5N2O5S. The van der Waals surface area contributed by atoms with Crippen LogP contribution in [-0.4, -0.2) is 43.8 Å². The van der Waals surface area contributed by atoms with Crippen molar-refractivity contribution in [3.63, 3.8) is 0 Å². The first-order chi connectivity index (χ1) is 18.6. The number of anilines is 1. The van der Waals surface area contributed by atoms with Gasteiger partial charge in [-0.05, 0) is 54.4 Å². The Kier molecular flexibility index (Phi) is 9.74. The Morgan fingerprint density at radius 3 is 2.08 bits per heavy atom. The van der Waals surface area contributed by atoms with E-state index in [9.17, 15) is 35.2 Å². The molecule has 0 heterocycles. The summed E-state index contributed by atoms with van der Waals surface area (Å²) in [5.41, 5.74) is -0.766. The second-order valence-electron chi connectivity index (χ2n) is 9.26. The van der Waals surface area contributed by atoms with Gasteiger partial charge in [0.1, 0.15) is 24.0 Å². The van der Waals surface area contributed by atoms with Crippen molar-refractivity contribution in [2.45, 2.75) is 26.1 Å². The molecule has 1 amide bonds. The van der Waals surface area contributed by atoms with Crippen LogP contribution >= 0.6 is 0 Å². The Bertz CT molecular complexity index is 1440. The molecule has 0 aliphatic rings. The van der Waals surface area contributed by atoms with E-state index in [0.29, 0.717) is 17.8 Å². The van der Waals surface area contributed by atoms with Crippen LogP contribution in [0.2, 0.25) is 0 Å². The Morgan fingerprint density at radius 2 is 1.55 bits per heavy atom. The molecule has 0 saturated heterocycles. The Morgan fingerprint density at radius 1 is 0.950 bits per heavy atom. The maximum Gasteiger partial charge on any atom is 0.416 e. The lowest BCUT2D eigenvalue weighted by atomic mass is 10.0. The molecule has 0 radical (unpaired) electrons. The molecule has 0 aliphatic heterocycles. The van der Waals surface area contributed by atoms with Crippen molar-refractivity contribution in [1.29, 1.82) is 0 Å². The lowest BCUT2D eigenvalue weighted by Crippen LogP contribution is -2.32. The molecule has 216 valence electrons. The zero-order valence-corrected chi connectivity index (χ0v) is 22.2. The van der Waals surface area contributed by atoms with Crippen LogP contribution in [0.1, 0.15) is 29.8 Å². The van der Waals surface area contributed by atoms with Crippen molar-refractivity contribution in [2.24, 2.45) is 5.92 Å². The average Bonchev–Trinajstić information content (AvgIpc) is 2.85. The maximum atomic E-state index is 14.8. The van der Waals surface area contributed by atoms with Crippen molar-refractivity contribution in [1.82, 2.24) is 5.32 Å². The van der Waals surface area contributed by atoms with E-state index in [1.165, 1.54) is 24.3 Å². The zero-order valence-electron chi connectivity index (χ0n) is 21.4. The number of hydrogen-bond acceptors (Lipinski definition) is 5. The quantitative estimate of drug-likeness (QED) is 0.194. The summed E-state index contributed by atoms with van der Waals surface area (Å²) in [6.07, 6.45) is -4.72. The molecule has 0 saturated carbocycles. The highest BCUT2D eigenvalue weighted by molar-refractivity contribution is 7.85. The molecule has 3 rings (SSSR count). The molecule has 3 aromatic carbocycles. The summed E-state index contributed by atoms with van der Waals surface area (Å²) in [7, 11) is -4.19. The number of rotatable bonds is 11. The van der Waals surface area contributed by atoms with Crippen molar-refractivity contribution < 1.29 is 44.5 Å². The summed E-state index contributed by atoms with van der Waals surface area (Å²) in [5, 5.41) is 5.64. The van der Waals surface area contributed by atoms with Gasteiger partial charge in [0.15, 0.2) is 0 Å². The monoisotopic (exact) mass is 586 g/mol. The standard InChI is InChI=1S/C27H27F5N2O5S/c1-16(2)25(34-19-6-3-17(4-7-19)26(35)33-11-12-40(36,37)38)15-39-20-8-10-22(24(29)14-20)21-9-5-18(13-23(21)28)27(30,31)32/h3-10,13-14,16,25,34H,11-12,15H2,1-2H3,(H,33,35)(H,36,37,38)/t25-/m1/s1. The average molecular weight is 587 g/mol. The molecule has 0 aliphatic carbocycles. The molecule has 0 unspecified atom stereocenters. The lowest BCUT2D eigenvalue weighted by molar-refractivity contribution is -0.137. The molecule has 0 fully saturated rings. The molecule has 13 heteroatoms. The van der Waals surface area contributed by atoms with Gasteiger partial charge in [0.25, 0.3) is 16.0 Å². The molecule has 3 N–H and O–H groups in total. The smallest absolute Gasteiger partial charge is 0.416 e.